The van der Waals surface area contributed by atoms with E-state index < -0.39 is 0 Å². The Morgan fingerprint density at radius 1 is 1.15 bits per heavy atom. The van der Waals surface area contributed by atoms with Crippen LogP contribution in [0.25, 0.3) is 0 Å². The molecule has 1 aromatic heterocycles. The molecule has 7 heteroatoms. The molecule has 3 rings (SSSR count). The molecule has 1 aromatic carbocycles. The minimum Gasteiger partial charge on any atom is -0.454 e. The molecule has 0 spiro atoms. The Kier molecular flexibility index (Phi) is 5.99. The fraction of sp³-hybridized carbons (Fsp3) is 0.474. The number of aryl methyl sites for hydroxylation is 2. The lowest BCUT2D eigenvalue weighted by Gasteiger charge is -2.12. The van der Waals surface area contributed by atoms with Gasteiger partial charge in [-0.3, -0.25) is 4.99 Å². The fourth-order valence-electron chi connectivity index (χ4n) is 2.95. The van der Waals surface area contributed by atoms with Crippen LogP contribution in [-0.4, -0.2) is 31.5 Å². The normalized spacial score (nSPS) is 13.1. The third kappa shape index (κ3) is 4.09. The second-order valence-corrected chi connectivity index (χ2v) is 6.03. The van der Waals surface area contributed by atoms with E-state index in [-0.39, 0.29) is 0 Å². The minimum atomic E-state index is 0.302. The molecule has 0 fully saturated rings. The number of aliphatic imine (C=N–C) groups is 1. The van der Waals surface area contributed by atoms with Crippen LogP contribution >= 0.6 is 0 Å². The van der Waals surface area contributed by atoms with Crippen molar-refractivity contribution < 1.29 is 14.0 Å². The zero-order valence-corrected chi connectivity index (χ0v) is 15.6. The minimum absolute atomic E-state index is 0.302. The molecule has 26 heavy (non-hydrogen) atoms. The summed E-state index contributed by atoms with van der Waals surface area (Å²) in [5.41, 5.74) is 3.33. The van der Waals surface area contributed by atoms with E-state index in [9.17, 15) is 0 Å². The second-order valence-electron chi connectivity index (χ2n) is 6.03. The lowest BCUT2D eigenvalue weighted by molar-refractivity contribution is 0.174. The van der Waals surface area contributed by atoms with E-state index in [0.717, 1.165) is 60.3 Å². The molecule has 0 unspecified atom stereocenters. The van der Waals surface area contributed by atoms with E-state index in [2.05, 4.69) is 40.7 Å². The molecule has 0 saturated carbocycles. The van der Waals surface area contributed by atoms with Gasteiger partial charge in [-0.25, -0.2) is 0 Å². The molecule has 140 valence electrons. The van der Waals surface area contributed by atoms with Crippen LogP contribution in [-0.2, 0) is 25.8 Å². The Labute approximate surface area is 153 Å². The number of fused-ring (bicyclic) bond motifs is 1. The predicted molar refractivity (Wildman–Crippen MR) is 99.7 cm³/mol. The second kappa shape index (κ2) is 8.60. The number of benzene rings is 1. The SMILES string of the molecule is CCc1noc(CC)c1CNC(=NC)NCCc1ccc2c(c1)OCO2. The lowest BCUT2D eigenvalue weighted by Crippen LogP contribution is -2.38. The average molecular weight is 358 g/mol. The first-order valence-corrected chi connectivity index (χ1v) is 9.04. The first-order chi connectivity index (χ1) is 12.7. The summed E-state index contributed by atoms with van der Waals surface area (Å²) >= 11 is 0. The van der Waals surface area contributed by atoms with Crippen molar-refractivity contribution in [2.24, 2.45) is 4.99 Å². The van der Waals surface area contributed by atoms with Gasteiger partial charge in [0.1, 0.15) is 5.76 Å². The molecule has 2 N–H and O–H groups in total. The fourth-order valence-corrected chi connectivity index (χ4v) is 2.95. The maximum absolute atomic E-state index is 5.42. The van der Waals surface area contributed by atoms with Crippen LogP contribution in [0.15, 0.2) is 27.7 Å². The van der Waals surface area contributed by atoms with Crippen molar-refractivity contribution in [1.29, 1.82) is 0 Å². The van der Waals surface area contributed by atoms with Crippen LogP contribution in [0, 0.1) is 0 Å². The third-order valence-corrected chi connectivity index (χ3v) is 4.41. The van der Waals surface area contributed by atoms with Crippen molar-refractivity contribution in [3.63, 3.8) is 0 Å². The van der Waals surface area contributed by atoms with Gasteiger partial charge in [-0.1, -0.05) is 25.1 Å². The maximum Gasteiger partial charge on any atom is 0.231 e. The molecule has 1 aliphatic heterocycles. The summed E-state index contributed by atoms with van der Waals surface area (Å²) in [5.74, 6) is 3.32. The molecule has 0 bridgehead atoms. The summed E-state index contributed by atoms with van der Waals surface area (Å²) in [7, 11) is 1.77. The van der Waals surface area contributed by atoms with Gasteiger partial charge >= 0.3 is 0 Å². The van der Waals surface area contributed by atoms with Crippen LogP contribution in [0.5, 0.6) is 11.5 Å². The summed E-state index contributed by atoms with van der Waals surface area (Å²) in [6, 6.07) is 6.04. The van der Waals surface area contributed by atoms with E-state index in [0.29, 0.717) is 13.3 Å². The van der Waals surface area contributed by atoms with Crippen molar-refractivity contribution in [1.82, 2.24) is 15.8 Å². The van der Waals surface area contributed by atoms with Crippen LogP contribution in [0.3, 0.4) is 0 Å². The number of hydrogen-bond donors (Lipinski definition) is 2. The number of nitrogens with zero attached hydrogens (tertiary/aromatic N) is 2. The van der Waals surface area contributed by atoms with Gasteiger partial charge in [-0.2, -0.15) is 0 Å². The van der Waals surface area contributed by atoms with Crippen molar-refractivity contribution in [3.8, 4) is 11.5 Å². The largest absolute Gasteiger partial charge is 0.454 e. The van der Waals surface area contributed by atoms with Gasteiger partial charge in [0.05, 0.1) is 5.69 Å². The highest BCUT2D eigenvalue weighted by Crippen LogP contribution is 2.32. The van der Waals surface area contributed by atoms with Crippen LogP contribution in [0.1, 0.15) is 36.4 Å². The van der Waals surface area contributed by atoms with Crippen LogP contribution < -0.4 is 20.1 Å². The average Bonchev–Trinajstić information content (AvgIpc) is 3.29. The highest BCUT2D eigenvalue weighted by molar-refractivity contribution is 5.79. The van der Waals surface area contributed by atoms with Gasteiger partial charge in [-0.15, -0.1) is 0 Å². The number of ether oxygens (including phenoxy) is 2. The van der Waals surface area contributed by atoms with Crippen molar-refractivity contribution in [2.75, 3.05) is 20.4 Å². The maximum atomic E-state index is 5.42. The molecule has 0 aliphatic carbocycles. The molecule has 0 saturated heterocycles. The topological polar surface area (TPSA) is 80.9 Å². The summed E-state index contributed by atoms with van der Waals surface area (Å²) in [6.07, 6.45) is 2.56. The first-order valence-electron chi connectivity index (χ1n) is 9.04. The van der Waals surface area contributed by atoms with E-state index >= 15 is 0 Å². The van der Waals surface area contributed by atoms with Gasteiger partial charge in [0.25, 0.3) is 0 Å². The lowest BCUT2D eigenvalue weighted by atomic mass is 10.1. The Hall–Kier alpha value is -2.70. The monoisotopic (exact) mass is 358 g/mol. The molecule has 7 nitrogen and oxygen atoms in total. The predicted octanol–water partition coefficient (Wildman–Crippen LogP) is 2.44. The summed E-state index contributed by atoms with van der Waals surface area (Å²) in [6.45, 7) is 5.88. The van der Waals surface area contributed by atoms with Gasteiger partial charge in [0, 0.05) is 32.1 Å². The van der Waals surface area contributed by atoms with Crippen molar-refractivity contribution in [2.45, 2.75) is 39.7 Å². The van der Waals surface area contributed by atoms with Gasteiger partial charge in [-0.05, 0) is 30.5 Å². The number of rotatable bonds is 7. The van der Waals surface area contributed by atoms with E-state index in [4.69, 9.17) is 14.0 Å². The van der Waals surface area contributed by atoms with E-state index in [1.807, 2.05) is 12.1 Å². The number of aromatic nitrogens is 1. The Balaban J connectivity index is 1.50. The summed E-state index contributed by atoms with van der Waals surface area (Å²) in [4.78, 5) is 4.29. The quantitative estimate of drug-likeness (QED) is 0.584. The number of hydrogen-bond acceptors (Lipinski definition) is 5. The summed E-state index contributed by atoms with van der Waals surface area (Å²) in [5, 5.41) is 10.8. The standard InChI is InChI=1S/C19H26N4O3/c1-4-15-14(16(5-2)26-23-15)11-22-19(20-3)21-9-8-13-6-7-17-18(10-13)25-12-24-17/h6-7,10H,4-5,8-9,11-12H2,1-3H3,(H2,20,21,22). The zero-order chi connectivity index (χ0) is 18.4. The van der Waals surface area contributed by atoms with E-state index in [1.54, 1.807) is 7.05 Å². The molecule has 2 aromatic rings. The van der Waals surface area contributed by atoms with Gasteiger partial charge in [0.2, 0.25) is 6.79 Å². The molecule has 0 atom stereocenters. The highest BCUT2D eigenvalue weighted by atomic mass is 16.7. The molecule has 0 radical (unpaired) electrons. The molecular weight excluding hydrogens is 332 g/mol. The van der Waals surface area contributed by atoms with Crippen molar-refractivity contribution >= 4 is 5.96 Å². The van der Waals surface area contributed by atoms with Crippen LogP contribution in [0.2, 0.25) is 0 Å². The Morgan fingerprint density at radius 2 is 2.00 bits per heavy atom. The van der Waals surface area contributed by atoms with Crippen molar-refractivity contribution in [3.05, 3.63) is 40.8 Å². The molecule has 0 amide bonds. The molecular formula is C19H26N4O3. The number of nitrogens with one attached hydrogen (secondary N) is 2. The van der Waals surface area contributed by atoms with Gasteiger partial charge in [0.15, 0.2) is 17.5 Å². The smallest absolute Gasteiger partial charge is 0.231 e. The molecule has 2 heterocycles. The van der Waals surface area contributed by atoms with E-state index in [1.165, 1.54) is 5.56 Å². The Morgan fingerprint density at radius 3 is 2.77 bits per heavy atom. The molecule has 1 aliphatic rings. The number of guanidine groups is 1. The van der Waals surface area contributed by atoms with Gasteiger partial charge < -0.3 is 24.6 Å². The zero-order valence-electron chi connectivity index (χ0n) is 15.6. The summed E-state index contributed by atoms with van der Waals surface area (Å²) < 4.78 is 16.2. The highest BCUT2D eigenvalue weighted by Gasteiger charge is 2.14. The first kappa shape index (κ1) is 18.1. The third-order valence-electron chi connectivity index (χ3n) is 4.41. The Bertz CT molecular complexity index is 749. The van der Waals surface area contributed by atoms with Crippen LogP contribution in [0.4, 0.5) is 0 Å².